The summed E-state index contributed by atoms with van der Waals surface area (Å²) in [7, 11) is 0. The first-order chi connectivity index (χ1) is 11.2. The van der Waals surface area contributed by atoms with Crippen molar-refractivity contribution < 1.29 is 9.18 Å². The third kappa shape index (κ3) is 4.04. The number of nitrogens with one attached hydrogen (secondary N) is 1. The predicted molar refractivity (Wildman–Crippen MR) is 86.5 cm³/mol. The first kappa shape index (κ1) is 15.4. The molecular formula is C17H19FN4O. The maximum absolute atomic E-state index is 13.7. The van der Waals surface area contributed by atoms with Gasteiger partial charge in [-0.15, -0.1) is 0 Å². The van der Waals surface area contributed by atoms with Gasteiger partial charge >= 0.3 is 6.03 Å². The molecule has 0 unspecified atom stereocenters. The number of anilines is 1. The summed E-state index contributed by atoms with van der Waals surface area (Å²) in [6.07, 6.45) is 3.28. The molecule has 0 saturated carbocycles. The molecule has 23 heavy (non-hydrogen) atoms. The van der Waals surface area contributed by atoms with E-state index in [1.54, 1.807) is 41.6 Å². The summed E-state index contributed by atoms with van der Waals surface area (Å²) in [6.45, 7) is 3.29. The van der Waals surface area contributed by atoms with Crippen LogP contribution in [0.25, 0.3) is 0 Å². The number of nitrogens with zero attached hydrogens (tertiary/aromatic N) is 3. The van der Waals surface area contributed by atoms with Crippen LogP contribution in [0.5, 0.6) is 0 Å². The summed E-state index contributed by atoms with van der Waals surface area (Å²) in [5.74, 6) is -0.177. The van der Waals surface area contributed by atoms with Crippen LogP contribution in [-0.4, -0.2) is 47.0 Å². The number of aromatic nitrogens is 1. The maximum Gasteiger partial charge on any atom is 0.321 e. The Morgan fingerprint density at radius 2 is 1.91 bits per heavy atom. The van der Waals surface area contributed by atoms with Gasteiger partial charge in [-0.1, -0.05) is 18.2 Å². The number of hydrogen-bond acceptors (Lipinski definition) is 3. The topological polar surface area (TPSA) is 48.5 Å². The Labute approximate surface area is 134 Å². The Bertz CT molecular complexity index is 657. The van der Waals surface area contributed by atoms with E-state index in [1.165, 1.54) is 6.07 Å². The highest BCUT2D eigenvalue weighted by molar-refractivity contribution is 5.89. The molecule has 5 nitrogen and oxygen atoms in total. The van der Waals surface area contributed by atoms with Crippen LogP contribution in [0.2, 0.25) is 0 Å². The van der Waals surface area contributed by atoms with Gasteiger partial charge in [-0.3, -0.25) is 9.88 Å². The maximum atomic E-state index is 13.7. The quantitative estimate of drug-likeness (QED) is 0.947. The minimum atomic E-state index is -0.177. The van der Waals surface area contributed by atoms with Crippen LogP contribution in [0.15, 0.2) is 48.8 Å². The fraction of sp³-hybridized carbons (Fsp3) is 0.294. The van der Waals surface area contributed by atoms with Crippen molar-refractivity contribution in [3.63, 3.8) is 0 Å². The lowest BCUT2D eigenvalue weighted by molar-refractivity contribution is 0.142. The van der Waals surface area contributed by atoms with E-state index >= 15 is 0 Å². The number of urea groups is 1. The predicted octanol–water partition coefficient (Wildman–Crippen LogP) is 2.57. The number of halogens is 1. The van der Waals surface area contributed by atoms with Gasteiger partial charge in [0.1, 0.15) is 5.82 Å². The Morgan fingerprint density at radius 3 is 2.61 bits per heavy atom. The summed E-state index contributed by atoms with van der Waals surface area (Å²) in [4.78, 5) is 20.1. The van der Waals surface area contributed by atoms with Crippen LogP contribution in [0.4, 0.5) is 14.9 Å². The van der Waals surface area contributed by atoms with E-state index < -0.39 is 0 Å². The smallest absolute Gasteiger partial charge is 0.321 e. The zero-order chi connectivity index (χ0) is 16.1. The van der Waals surface area contributed by atoms with E-state index in [-0.39, 0.29) is 11.8 Å². The number of piperazine rings is 1. The third-order valence-electron chi connectivity index (χ3n) is 3.92. The van der Waals surface area contributed by atoms with Crippen molar-refractivity contribution in [1.82, 2.24) is 14.8 Å². The first-order valence-electron chi connectivity index (χ1n) is 7.64. The van der Waals surface area contributed by atoms with Crippen molar-refractivity contribution >= 4 is 11.7 Å². The number of pyridine rings is 1. The van der Waals surface area contributed by atoms with Gasteiger partial charge in [0.25, 0.3) is 0 Å². The van der Waals surface area contributed by atoms with E-state index in [1.807, 2.05) is 6.07 Å². The van der Waals surface area contributed by atoms with Gasteiger partial charge in [-0.25, -0.2) is 9.18 Å². The van der Waals surface area contributed by atoms with Gasteiger partial charge in [0, 0.05) is 44.5 Å². The second-order valence-corrected chi connectivity index (χ2v) is 5.53. The van der Waals surface area contributed by atoms with Crippen molar-refractivity contribution in [1.29, 1.82) is 0 Å². The third-order valence-corrected chi connectivity index (χ3v) is 3.92. The summed E-state index contributed by atoms with van der Waals surface area (Å²) >= 11 is 0. The highest BCUT2D eigenvalue weighted by Crippen LogP contribution is 2.13. The summed E-state index contributed by atoms with van der Waals surface area (Å²) in [6, 6.07) is 10.3. The fourth-order valence-electron chi connectivity index (χ4n) is 2.62. The SMILES string of the molecule is O=C(Nc1cccnc1)N1CCN(Cc2ccccc2F)CC1. The Morgan fingerprint density at radius 1 is 1.13 bits per heavy atom. The van der Waals surface area contributed by atoms with Crippen LogP contribution in [0, 0.1) is 5.82 Å². The zero-order valence-corrected chi connectivity index (χ0v) is 12.8. The van der Waals surface area contributed by atoms with Gasteiger partial charge in [0.15, 0.2) is 0 Å². The minimum absolute atomic E-state index is 0.122. The molecule has 0 atom stereocenters. The molecule has 120 valence electrons. The number of hydrogen-bond donors (Lipinski definition) is 1. The number of amides is 2. The molecule has 0 spiro atoms. The van der Waals surface area contributed by atoms with Crippen molar-refractivity contribution in [2.24, 2.45) is 0 Å². The Balaban J connectivity index is 1.50. The van der Waals surface area contributed by atoms with E-state index in [0.29, 0.717) is 30.9 Å². The normalized spacial score (nSPS) is 15.4. The monoisotopic (exact) mass is 314 g/mol. The summed E-state index contributed by atoms with van der Waals surface area (Å²) in [5, 5.41) is 2.83. The van der Waals surface area contributed by atoms with Gasteiger partial charge in [0.05, 0.1) is 11.9 Å². The lowest BCUT2D eigenvalue weighted by Crippen LogP contribution is -2.49. The molecule has 2 amide bonds. The lowest BCUT2D eigenvalue weighted by atomic mass is 10.2. The molecule has 2 heterocycles. The van der Waals surface area contributed by atoms with E-state index in [2.05, 4.69) is 15.2 Å². The van der Waals surface area contributed by atoms with Crippen molar-refractivity contribution in [2.45, 2.75) is 6.54 Å². The Hall–Kier alpha value is -2.47. The van der Waals surface area contributed by atoms with Gasteiger partial charge in [0.2, 0.25) is 0 Å². The highest BCUT2D eigenvalue weighted by atomic mass is 19.1. The van der Waals surface area contributed by atoms with Crippen LogP contribution in [0.3, 0.4) is 0 Å². The highest BCUT2D eigenvalue weighted by Gasteiger charge is 2.21. The van der Waals surface area contributed by atoms with Crippen LogP contribution < -0.4 is 5.32 Å². The van der Waals surface area contributed by atoms with Gasteiger partial charge < -0.3 is 10.2 Å². The molecule has 0 aliphatic carbocycles. The molecule has 3 rings (SSSR count). The second kappa shape index (κ2) is 7.19. The van der Waals surface area contributed by atoms with Gasteiger partial charge in [-0.05, 0) is 18.2 Å². The lowest BCUT2D eigenvalue weighted by Gasteiger charge is -2.34. The van der Waals surface area contributed by atoms with Crippen LogP contribution in [0.1, 0.15) is 5.56 Å². The molecule has 6 heteroatoms. The molecule has 1 N–H and O–H groups in total. The minimum Gasteiger partial charge on any atom is -0.322 e. The first-order valence-corrected chi connectivity index (χ1v) is 7.64. The molecule has 1 aromatic carbocycles. The van der Waals surface area contributed by atoms with E-state index in [4.69, 9.17) is 0 Å². The fourth-order valence-corrected chi connectivity index (χ4v) is 2.62. The second-order valence-electron chi connectivity index (χ2n) is 5.53. The Kier molecular flexibility index (Phi) is 4.83. The average Bonchev–Trinajstić information content (AvgIpc) is 2.58. The average molecular weight is 314 g/mol. The molecule has 0 radical (unpaired) electrons. The molecule has 2 aromatic rings. The molecule has 1 aliphatic rings. The number of carbonyl (C=O) groups is 1. The van der Waals surface area contributed by atoms with E-state index in [0.717, 1.165) is 13.1 Å². The molecule has 1 saturated heterocycles. The van der Waals surface area contributed by atoms with Crippen LogP contribution >= 0.6 is 0 Å². The zero-order valence-electron chi connectivity index (χ0n) is 12.8. The van der Waals surface area contributed by atoms with Crippen molar-refractivity contribution in [3.05, 3.63) is 60.2 Å². The molecule has 0 bridgehead atoms. The van der Waals surface area contributed by atoms with Crippen molar-refractivity contribution in [2.75, 3.05) is 31.5 Å². The van der Waals surface area contributed by atoms with Crippen molar-refractivity contribution in [3.8, 4) is 0 Å². The number of benzene rings is 1. The molecule has 1 aliphatic heterocycles. The summed E-state index contributed by atoms with van der Waals surface area (Å²) in [5.41, 5.74) is 1.38. The van der Waals surface area contributed by atoms with Gasteiger partial charge in [-0.2, -0.15) is 0 Å². The van der Waals surface area contributed by atoms with Crippen LogP contribution in [-0.2, 0) is 6.54 Å². The molecule has 1 aromatic heterocycles. The molecule has 1 fully saturated rings. The number of rotatable bonds is 3. The largest absolute Gasteiger partial charge is 0.322 e. The van der Waals surface area contributed by atoms with E-state index in [9.17, 15) is 9.18 Å². The summed E-state index contributed by atoms with van der Waals surface area (Å²) < 4.78 is 13.7. The standard InChI is InChI=1S/C17H19FN4O/c18-16-6-2-1-4-14(16)13-21-8-10-22(11-9-21)17(23)20-15-5-3-7-19-12-15/h1-7,12H,8-11,13H2,(H,20,23). The number of carbonyl (C=O) groups excluding carboxylic acids is 1. The molecular weight excluding hydrogens is 295 g/mol.